The number of aromatic nitrogens is 2. The minimum atomic E-state index is -0.278. The molecule has 2 heterocycles. The predicted molar refractivity (Wildman–Crippen MR) is 96.1 cm³/mol. The lowest BCUT2D eigenvalue weighted by atomic mass is 10.0. The van der Waals surface area contributed by atoms with Crippen LogP contribution in [0.2, 0.25) is 0 Å². The SMILES string of the molecule is Cc1nn(C)c(C)c1CCC(=O)NC(c1ccccc1)c1ccco1. The molecule has 1 amide bonds. The number of rotatable bonds is 6. The van der Waals surface area contributed by atoms with Gasteiger partial charge in [0.1, 0.15) is 11.8 Å². The van der Waals surface area contributed by atoms with Crippen molar-refractivity contribution in [2.45, 2.75) is 32.7 Å². The summed E-state index contributed by atoms with van der Waals surface area (Å²) in [6, 6.07) is 13.3. The Balaban J connectivity index is 1.71. The Morgan fingerprint density at radius 1 is 1.20 bits per heavy atom. The molecule has 0 radical (unpaired) electrons. The largest absolute Gasteiger partial charge is 0.467 e. The van der Waals surface area contributed by atoms with Gasteiger partial charge in [-0.15, -0.1) is 0 Å². The van der Waals surface area contributed by atoms with Gasteiger partial charge in [0.05, 0.1) is 12.0 Å². The van der Waals surface area contributed by atoms with E-state index in [1.807, 2.05) is 68.0 Å². The second kappa shape index (κ2) is 7.38. The Morgan fingerprint density at radius 3 is 2.56 bits per heavy atom. The molecule has 25 heavy (non-hydrogen) atoms. The number of amides is 1. The average molecular weight is 337 g/mol. The molecule has 1 atom stereocenters. The third-order valence-electron chi connectivity index (χ3n) is 4.53. The van der Waals surface area contributed by atoms with Gasteiger partial charge in [-0.2, -0.15) is 5.10 Å². The van der Waals surface area contributed by atoms with Gasteiger partial charge in [0.2, 0.25) is 5.91 Å². The quantitative estimate of drug-likeness (QED) is 0.749. The fourth-order valence-electron chi connectivity index (χ4n) is 3.07. The van der Waals surface area contributed by atoms with Crippen molar-refractivity contribution in [2.24, 2.45) is 7.05 Å². The summed E-state index contributed by atoms with van der Waals surface area (Å²) in [5.74, 6) is 0.723. The third kappa shape index (κ3) is 3.82. The number of nitrogens with one attached hydrogen (secondary N) is 1. The highest BCUT2D eigenvalue weighted by atomic mass is 16.3. The highest BCUT2D eigenvalue weighted by molar-refractivity contribution is 5.77. The van der Waals surface area contributed by atoms with Crippen molar-refractivity contribution in [3.05, 3.63) is 77.0 Å². The maximum Gasteiger partial charge on any atom is 0.221 e. The maximum atomic E-state index is 12.5. The fourth-order valence-corrected chi connectivity index (χ4v) is 3.07. The molecule has 1 aromatic carbocycles. The Morgan fingerprint density at radius 2 is 1.96 bits per heavy atom. The summed E-state index contributed by atoms with van der Waals surface area (Å²) >= 11 is 0. The van der Waals surface area contributed by atoms with Gasteiger partial charge >= 0.3 is 0 Å². The first-order chi connectivity index (χ1) is 12.1. The summed E-state index contributed by atoms with van der Waals surface area (Å²) in [5.41, 5.74) is 4.24. The van der Waals surface area contributed by atoms with Gasteiger partial charge in [0.15, 0.2) is 0 Å². The molecule has 0 aliphatic rings. The van der Waals surface area contributed by atoms with Gasteiger partial charge in [-0.25, -0.2) is 0 Å². The van der Waals surface area contributed by atoms with Crippen LogP contribution >= 0.6 is 0 Å². The van der Waals surface area contributed by atoms with Crippen LogP contribution < -0.4 is 5.32 Å². The molecule has 0 fully saturated rings. The van der Waals surface area contributed by atoms with E-state index in [9.17, 15) is 4.79 Å². The van der Waals surface area contributed by atoms with Crippen molar-refractivity contribution in [1.29, 1.82) is 0 Å². The summed E-state index contributed by atoms with van der Waals surface area (Å²) in [6.07, 6.45) is 2.72. The van der Waals surface area contributed by atoms with E-state index in [0.29, 0.717) is 12.8 Å². The zero-order chi connectivity index (χ0) is 17.8. The van der Waals surface area contributed by atoms with Crippen LogP contribution in [0.3, 0.4) is 0 Å². The monoisotopic (exact) mass is 337 g/mol. The van der Waals surface area contributed by atoms with Gasteiger partial charge in [0.25, 0.3) is 0 Å². The fraction of sp³-hybridized carbons (Fsp3) is 0.300. The minimum absolute atomic E-state index is 0.00657. The molecule has 1 N–H and O–H groups in total. The molecule has 0 aliphatic heterocycles. The van der Waals surface area contributed by atoms with E-state index in [1.54, 1.807) is 6.26 Å². The molecule has 0 aliphatic carbocycles. The maximum absolute atomic E-state index is 12.5. The average Bonchev–Trinajstić information content (AvgIpc) is 3.21. The van der Waals surface area contributed by atoms with E-state index in [-0.39, 0.29) is 11.9 Å². The molecule has 3 rings (SSSR count). The van der Waals surface area contributed by atoms with Crippen LogP contribution in [0.5, 0.6) is 0 Å². The molecule has 0 saturated carbocycles. The highest BCUT2D eigenvalue weighted by Gasteiger charge is 2.20. The van der Waals surface area contributed by atoms with Crippen LogP contribution in [0.15, 0.2) is 53.1 Å². The zero-order valence-corrected chi connectivity index (χ0v) is 14.8. The van der Waals surface area contributed by atoms with Gasteiger partial charge in [-0.1, -0.05) is 30.3 Å². The van der Waals surface area contributed by atoms with E-state index < -0.39 is 0 Å². The lowest BCUT2D eigenvalue weighted by molar-refractivity contribution is -0.121. The number of carbonyl (C=O) groups is 1. The van der Waals surface area contributed by atoms with E-state index in [0.717, 1.165) is 28.3 Å². The Kier molecular flexibility index (Phi) is 5.03. The van der Waals surface area contributed by atoms with Gasteiger partial charge in [-0.3, -0.25) is 9.48 Å². The molecule has 0 spiro atoms. The molecule has 5 heteroatoms. The van der Waals surface area contributed by atoms with Crippen LogP contribution in [0.4, 0.5) is 0 Å². The topological polar surface area (TPSA) is 60.1 Å². The first-order valence-corrected chi connectivity index (χ1v) is 8.43. The van der Waals surface area contributed by atoms with Crippen molar-refractivity contribution >= 4 is 5.91 Å². The molecule has 2 aromatic heterocycles. The Hall–Kier alpha value is -2.82. The standard InChI is InChI=1S/C20H23N3O2/c1-14-17(15(2)23(3)22-14)11-12-19(24)21-20(18-10-7-13-25-18)16-8-5-4-6-9-16/h4-10,13,20H,11-12H2,1-3H3,(H,21,24). The summed E-state index contributed by atoms with van der Waals surface area (Å²) in [4.78, 5) is 12.5. The van der Waals surface area contributed by atoms with Crippen molar-refractivity contribution in [3.63, 3.8) is 0 Å². The molecular weight excluding hydrogens is 314 g/mol. The van der Waals surface area contributed by atoms with Crippen LogP contribution in [-0.4, -0.2) is 15.7 Å². The Labute approximate surface area is 147 Å². The molecular formula is C20H23N3O2. The molecule has 5 nitrogen and oxygen atoms in total. The smallest absolute Gasteiger partial charge is 0.221 e. The van der Waals surface area contributed by atoms with Crippen molar-refractivity contribution < 1.29 is 9.21 Å². The van der Waals surface area contributed by atoms with Crippen LogP contribution in [0, 0.1) is 13.8 Å². The van der Waals surface area contributed by atoms with Crippen LogP contribution in [-0.2, 0) is 18.3 Å². The van der Waals surface area contributed by atoms with E-state index in [1.165, 1.54) is 0 Å². The number of hydrogen-bond acceptors (Lipinski definition) is 3. The summed E-state index contributed by atoms with van der Waals surface area (Å²) < 4.78 is 7.39. The van der Waals surface area contributed by atoms with Crippen molar-refractivity contribution in [1.82, 2.24) is 15.1 Å². The zero-order valence-electron chi connectivity index (χ0n) is 14.8. The van der Waals surface area contributed by atoms with E-state index in [4.69, 9.17) is 4.42 Å². The molecule has 0 saturated heterocycles. The lowest BCUT2D eigenvalue weighted by Crippen LogP contribution is -2.29. The van der Waals surface area contributed by atoms with Gasteiger partial charge in [0, 0.05) is 19.2 Å². The number of nitrogens with zero attached hydrogens (tertiary/aromatic N) is 2. The van der Waals surface area contributed by atoms with Crippen molar-refractivity contribution in [3.8, 4) is 0 Å². The molecule has 3 aromatic rings. The number of carbonyl (C=O) groups excluding carboxylic acids is 1. The van der Waals surface area contributed by atoms with Crippen LogP contribution in [0.1, 0.15) is 40.7 Å². The van der Waals surface area contributed by atoms with Crippen LogP contribution in [0.25, 0.3) is 0 Å². The highest BCUT2D eigenvalue weighted by Crippen LogP contribution is 2.23. The summed E-state index contributed by atoms with van der Waals surface area (Å²) in [7, 11) is 1.92. The van der Waals surface area contributed by atoms with E-state index >= 15 is 0 Å². The van der Waals surface area contributed by atoms with Gasteiger partial charge in [-0.05, 0) is 43.5 Å². The van der Waals surface area contributed by atoms with Crippen molar-refractivity contribution in [2.75, 3.05) is 0 Å². The third-order valence-corrected chi connectivity index (χ3v) is 4.53. The number of hydrogen-bond donors (Lipinski definition) is 1. The number of benzene rings is 1. The molecule has 1 unspecified atom stereocenters. The lowest BCUT2D eigenvalue weighted by Gasteiger charge is -2.17. The summed E-state index contributed by atoms with van der Waals surface area (Å²) in [6.45, 7) is 4.01. The second-order valence-corrected chi connectivity index (χ2v) is 6.20. The van der Waals surface area contributed by atoms with Gasteiger partial charge < -0.3 is 9.73 Å². The Bertz CT molecular complexity index is 835. The first kappa shape index (κ1) is 17.0. The molecule has 130 valence electrons. The number of furan rings is 1. The summed E-state index contributed by atoms with van der Waals surface area (Å²) in [5, 5.41) is 7.50. The predicted octanol–water partition coefficient (Wildman–Crippen LogP) is 3.47. The normalized spacial score (nSPS) is 12.1. The second-order valence-electron chi connectivity index (χ2n) is 6.20. The molecule has 0 bridgehead atoms. The number of aryl methyl sites for hydroxylation is 2. The first-order valence-electron chi connectivity index (χ1n) is 8.43. The van der Waals surface area contributed by atoms with E-state index in [2.05, 4.69) is 10.4 Å². The minimum Gasteiger partial charge on any atom is -0.467 e.